The summed E-state index contributed by atoms with van der Waals surface area (Å²) < 4.78 is 10.5. The van der Waals surface area contributed by atoms with Gasteiger partial charge in [0.2, 0.25) is 0 Å². The Morgan fingerprint density at radius 1 is 1.08 bits per heavy atom. The zero-order valence-corrected chi connectivity index (χ0v) is 15.4. The number of anilines is 1. The standard InChI is InChI=1S/C15H22N6O4/c1-9-17-10(19-20-16)8-11(18-9)21(12(22)24-14(2,3)4)13(23)25-15(5,6)7/h8H,1-7H3. The number of carbonyl (C=O) groups excluding carboxylic acids is 2. The lowest BCUT2D eigenvalue weighted by Crippen LogP contribution is -2.44. The highest BCUT2D eigenvalue weighted by atomic mass is 16.6. The van der Waals surface area contributed by atoms with Crippen molar-refractivity contribution in [2.45, 2.75) is 59.7 Å². The van der Waals surface area contributed by atoms with E-state index >= 15 is 0 Å². The van der Waals surface area contributed by atoms with E-state index in [1.54, 1.807) is 41.5 Å². The van der Waals surface area contributed by atoms with E-state index in [0.29, 0.717) is 4.90 Å². The van der Waals surface area contributed by atoms with Gasteiger partial charge in [-0.3, -0.25) is 0 Å². The van der Waals surface area contributed by atoms with E-state index in [1.807, 2.05) is 0 Å². The molecule has 2 amide bonds. The van der Waals surface area contributed by atoms with Gasteiger partial charge in [0.05, 0.1) is 0 Å². The Kier molecular flexibility index (Phi) is 5.93. The summed E-state index contributed by atoms with van der Waals surface area (Å²) in [6.07, 6.45) is -1.93. The third-order valence-electron chi connectivity index (χ3n) is 2.34. The van der Waals surface area contributed by atoms with Gasteiger partial charge in [-0.05, 0) is 59.1 Å². The van der Waals surface area contributed by atoms with Gasteiger partial charge in [-0.2, -0.15) is 4.90 Å². The minimum atomic E-state index is -0.966. The fourth-order valence-electron chi connectivity index (χ4n) is 1.62. The number of aromatic nitrogens is 2. The molecule has 1 rings (SSSR count). The van der Waals surface area contributed by atoms with Gasteiger partial charge < -0.3 is 9.47 Å². The predicted molar refractivity (Wildman–Crippen MR) is 90.5 cm³/mol. The SMILES string of the molecule is Cc1nc(N=[N+]=[N-])cc(N(C(=O)OC(C)(C)C)C(=O)OC(C)(C)C)n1. The summed E-state index contributed by atoms with van der Waals surface area (Å²) in [7, 11) is 0. The molecule has 0 aromatic carbocycles. The van der Waals surface area contributed by atoms with Gasteiger partial charge in [0.1, 0.15) is 22.8 Å². The maximum Gasteiger partial charge on any atom is 0.425 e. The summed E-state index contributed by atoms with van der Waals surface area (Å²) in [5, 5.41) is 3.38. The zero-order valence-electron chi connectivity index (χ0n) is 15.4. The molecule has 0 aliphatic rings. The molecule has 0 aliphatic carbocycles. The quantitative estimate of drug-likeness (QED) is 0.441. The first kappa shape index (κ1) is 20.2. The smallest absolute Gasteiger partial charge is 0.425 e. The molecule has 1 aromatic rings. The minimum Gasteiger partial charge on any atom is -0.443 e. The molecule has 0 aliphatic heterocycles. The molecule has 0 spiro atoms. The Bertz CT molecular complexity index is 686. The van der Waals surface area contributed by atoms with Crippen molar-refractivity contribution in [1.29, 1.82) is 0 Å². The Balaban J connectivity index is 3.38. The number of hydrogen-bond donors (Lipinski definition) is 0. The number of ether oxygens (including phenoxy) is 2. The molecular formula is C15H22N6O4. The second-order valence-corrected chi connectivity index (χ2v) is 7.12. The van der Waals surface area contributed by atoms with Crippen molar-refractivity contribution >= 4 is 23.8 Å². The number of amides is 2. The molecule has 0 fully saturated rings. The van der Waals surface area contributed by atoms with Crippen LogP contribution in [0.3, 0.4) is 0 Å². The molecule has 1 heterocycles. The first-order valence-corrected chi connectivity index (χ1v) is 7.49. The van der Waals surface area contributed by atoms with Crippen LogP contribution in [0.2, 0.25) is 0 Å². The van der Waals surface area contributed by atoms with Crippen LogP contribution in [0.5, 0.6) is 0 Å². The maximum atomic E-state index is 12.5. The summed E-state index contributed by atoms with van der Waals surface area (Å²) in [5.74, 6) is 0.0533. The number of hydrogen-bond acceptors (Lipinski definition) is 7. The lowest BCUT2D eigenvalue weighted by atomic mass is 10.2. The van der Waals surface area contributed by atoms with Crippen LogP contribution in [0.15, 0.2) is 11.2 Å². The van der Waals surface area contributed by atoms with Gasteiger partial charge in [0, 0.05) is 11.0 Å². The van der Waals surface area contributed by atoms with Crippen LogP contribution >= 0.6 is 0 Å². The maximum absolute atomic E-state index is 12.5. The molecule has 0 saturated heterocycles. The molecule has 10 nitrogen and oxygen atoms in total. The van der Waals surface area contributed by atoms with Crippen molar-refractivity contribution in [2.24, 2.45) is 5.11 Å². The second kappa shape index (κ2) is 7.35. The third kappa shape index (κ3) is 6.64. The molecule has 0 unspecified atom stereocenters. The van der Waals surface area contributed by atoms with E-state index in [1.165, 1.54) is 13.0 Å². The molecule has 1 aromatic heterocycles. The van der Waals surface area contributed by atoms with Gasteiger partial charge in [0.15, 0.2) is 5.82 Å². The average molecular weight is 350 g/mol. The van der Waals surface area contributed by atoms with Crippen LogP contribution in [0.25, 0.3) is 10.4 Å². The predicted octanol–water partition coefficient (Wildman–Crippen LogP) is 4.40. The Morgan fingerprint density at radius 3 is 1.96 bits per heavy atom. The Morgan fingerprint density at radius 2 is 1.56 bits per heavy atom. The van der Waals surface area contributed by atoms with Crippen LogP contribution < -0.4 is 4.90 Å². The second-order valence-electron chi connectivity index (χ2n) is 7.12. The highest BCUT2D eigenvalue weighted by Gasteiger charge is 2.33. The first-order chi connectivity index (χ1) is 11.3. The number of aryl methyl sites for hydroxylation is 1. The number of azide groups is 1. The lowest BCUT2D eigenvalue weighted by molar-refractivity contribution is 0.0429. The van der Waals surface area contributed by atoms with Crippen molar-refractivity contribution in [3.63, 3.8) is 0 Å². The van der Waals surface area contributed by atoms with Gasteiger partial charge in [-0.1, -0.05) is 0 Å². The van der Waals surface area contributed by atoms with E-state index < -0.39 is 23.4 Å². The van der Waals surface area contributed by atoms with Crippen LogP contribution in [0.1, 0.15) is 47.4 Å². The van der Waals surface area contributed by atoms with E-state index in [4.69, 9.17) is 15.0 Å². The lowest BCUT2D eigenvalue weighted by Gasteiger charge is -2.28. The molecule has 136 valence electrons. The molecule has 0 bridgehead atoms. The summed E-state index contributed by atoms with van der Waals surface area (Å²) >= 11 is 0. The van der Waals surface area contributed by atoms with Crippen LogP contribution in [-0.4, -0.2) is 33.4 Å². The molecule has 0 saturated carbocycles. The molecule has 0 radical (unpaired) electrons. The van der Waals surface area contributed by atoms with E-state index in [-0.39, 0.29) is 17.5 Å². The monoisotopic (exact) mass is 350 g/mol. The average Bonchev–Trinajstić information content (AvgIpc) is 2.33. The van der Waals surface area contributed by atoms with Crippen molar-refractivity contribution in [2.75, 3.05) is 4.90 Å². The highest BCUT2D eigenvalue weighted by molar-refractivity contribution is 6.08. The van der Waals surface area contributed by atoms with Gasteiger partial charge in [-0.15, -0.1) is 0 Å². The van der Waals surface area contributed by atoms with Crippen LogP contribution in [0.4, 0.5) is 21.2 Å². The minimum absolute atomic E-state index is 0.0397. The summed E-state index contributed by atoms with van der Waals surface area (Å²) in [5.41, 5.74) is 6.88. The normalized spacial score (nSPS) is 11.3. The largest absolute Gasteiger partial charge is 0.443 e. The van der Waals surface area contributed by atoms with Crippen molar-refractivity contribution < 1.29 is 19.1 Å². The number of imide groups is 1. The van der Waals surface area contributed by atoms with E-state index in [9.17, 15) is 9.59 Å². The fourth-order valence-corrected chi connectivity index (χ4v) is 1.62. The molecule has 10 heteroatoms. The number of rotatable bonds is 2. The number of carbonyl (C=O) groups is 2. The summed E-state index contributed by atoms with van der Waals surface area (Å²) in [6.45, 7) is 11.5. The van der Waals surface area contributed by atoms with Crippen LogP contribution in [-0.2, 0) is 9.47 Å². The van der Waals surface area contributed by atoms with Gasteiger partial charge in [0.25, 0.3) is 0 Å². The topological polar surface area (TPSA) is 130 Å². The van der Waals surface area contributed by atoms with Gasteiger partial charge in [-0.25, -0.2) is 19.6 Å². The Hall–Kier alpha value is -2.87. The molecule has 25 heavy (non-hydrogen) atoms. The van der Waals surface area contributed by atoms with Crippen LogP contribution in [0, 0.1) is 6.92 Å². The highest BCUT2D eigenvalue weighted by Crippen LogP contribution is 2.23. The number of nitrogens with zero attached hydrogens (tertiary/aromatic N) is 6. The van der Waals surface area contributed by atoms with Crippen molar-refractivity contribution in [3.8, 4) is 0 Å². The summed E-state index contributed by atoms with van der Waals surface area (Å²) in [6, 6.07) is 1.19. The zero-order chi connectivity index (χ0) is 19.4. The van der Waals surface area contributed by atoms with E-state index in [2.05, 4.69) is 20.0 Å². The van der Waals surface area contributed by atoms with Crippen molar-refractivity contribution in [3.05, 3.63) is 22.3 Å². The van der Waals surface area contributed by atoms with Crippen molar-refractivity contribution in [1.82, 2.24) is 9.97 Å². The molecular weight excluding hydrogens is 328 g/mol. The summed E-state index contributed by atoms with van der Waals surface area (Å²) in [4.78, 5) is 36.3. The van der Waals surface area contributed by atoms with E-state index in [0.717, 1.165) is 0 Å². The first-order valence-electron chi connectivity index (χ1n) is 7.49. The van der Waals surface area contributed by atoms with Gasteiger partial charge >= 0.3 is 12.2 Å². The molecule has 0 N–H and O–H groups in total. The molecule has 0 atom stereocenters. The fraction of sp³-hybridized carbons (Fsp3) is 0.600. The Labute approximate surface area is 145 Å². The third-order valence-corrected chi connectivity index (χ3v) is 2.34.